The number of rotatable bonds is 13. The SMILES string of the molecule is Cc1sc2nc1C(=O)N[C@@H]([C@H](O)c1ccccc1)c1nc(cs1)C(=O)NC(Cc1ccc(O)cc1)C(=O)N1C[C@H](O)[C@H](C)[C@H]1c1nc(cs1)-c1nc(cs1)-c1nc(-c3nc(C(=O)N[C@@H](C(=O)NCC(=O)O)C(C)(C)O)cs3)ccc1-c1nc(cs1)C(=O)N[C@H]2CC(N)=O. The predicted octanol–water partition coefficient (Wildman–Crippen LogP) is 5.36. The monoisotopic (exact) mass is 1370 g/mol. The van der Waals surface area contributed by atoms with Crippen molar-refractivity contribution in [2.45, 2.75) is 88.6 Å². The Morgan fingerprint density at radius 1 is 0.710 bits per heavy atom. The van der Waals surface area contributed by atoms with E-state index in [1.165, 1.54) is 69.7 Å². The number of hydrogen-bond acceptors (Lipinski definition) is 25. The van der Waals surface area contributed by atoms with E-state index in [9.17, 15) is 54.0 Å². The number of aliphatic carboxylic acids is 1. The number of benzene rings is 2. The van der Waals surface area contributed by atoms with Gasteiger partial charge >= 0.3 is 5.97 Å². The summed E-state index contributed by atoms with van der Waals surface area (Å²) in [5, 5.41) is 76.2. The molecule has 7 aromatic heterocycles. The number of aromatic hydroxyl groups is 1. The fraction of sp³-hybridized carbons (Fsp3) is 0.283. The number of primary amides is 1. The number of carbonyl (C=O) groups excluding carboxylic acids is 7. The van der Waals surface area contributed by atoms with Crippen LogP contribution in [0.15, 0.2) is 93.6 Å². The van der Waals surface area contributed by atoms with Crippen LogP contribution in [0, 0.1) is 12.8 Å². The van der Waals surface area contributed by atoms with E-state index in [4.69, 9.17) is 30.8 Å². The summed E-state index contributed by atoms with van der Waals surface area (Å²) in [5.41, 5.74) is 5.95. The second-order valence-electron chi connectivity index (χ2n) is 22.2. The molecule has 2 aliphatic rings. The maximum Gasteiger partial charge on any atom is 0.322 e. The van der Waals surface area contributed by atoms with Crippen molar-refractivity contribution < 1.29 is 63.9 Å². The molecule has 33 heteroatoms. The van der Waals surface area contributed by atoms with Crippen LogP contribution < -0.4 is 32.3 Å². The zero-order valence-corrected chi connectivity index (χ0v) is 54.2. The zero-order chi connectivity index (χ0) is 66.2. The van der Waals surface area contributed by atoms with Crippen molar-refractivity contribution in [3.05, 3.63) is 147 Å². The number of thiazole rings is 6. The number of carbonyl (C=O) groups is 8. The van der Waals surface area contributed by atoms with Crippen molar-refractivity contribution in [2.75, 3.05) is 13.1 Å². The number of amides is 7. The van der Waals surface area contributed by atoms with Gasteiger partial charge in [0.2, 0.25) is 17.7 Å². The van der Waals surface area contributed by atoms with Crippen LogP contribution >= 0.6 is 68.0 Å². The summed E-state index contributed by atoms with van der Waals surface area (Å²) in [4.78, 5) is 144. The summed E-state index contributed by atoms with van der Waals surface area (Å²) in [7, 11) is 0. The van der Waals surface area contributed by atoms with Crippen LogP contribution in [0.5, 0.6) is 5.75 Å². The van der Waals surface area contributed by atoms with Gasteiger partial charge in [-0.05, 0) is 56.2 Å². The third-order valence-corrected chi connectivity index (χ3v) is 20.6. The molecule has 0 saturated carbocycles. The maximum absolute atomic E-state index is 15.2. The number of phenolic OH excluding ortho intramolecular Hbond substituents is 1. The minimum Gasteiger partial charge on any atom is -0.508 e. The zero-order valence-electron chi connectivity index (χ0n) is 49.3. The first-order valence-electron chi connectivity index (χ1n) is 28.4. The molecule has 10 bridgehead atoms. The van der Waals surface area contributed by atoms with Crippen molar-refractivity contribution in [3.63, 3.8) is 0 Å². The summed E-state index contributed by atoms with van der Waals surface area (Å²) in [6.45, 7) is 5.04. The lowest BCUT2D eigenvalue weighted by atomic mass is 9.98. The molecule has 27 nitrogen and oxygen atoms in total. The molecule has 9 aromatic rings. The summed E-state index contributed by atoms with van der Waals surface area (Å²) >= 11 is 6.52. The van der Waals surface area contributed by atoms with Gasteiger partial charge in [0.05, 0.1) is 35.9 Å². The molecule has 0 spiro atoms. The molecule has 480 valence electrons. The van der Waals surface area contributed by atoms with E-state index >= 15 is 4.79 Å². The molecule has 2 aromatic carbocycles. The highest BCUT2D eigenvalue weighted by atomic mass is 32.1. The molecule has 11 rings (SSSR count). The Labute approximate surface area is 551 Å². The fourth-order valence-corrected chi connectivity index (χ4v) is 15.6. The third kappa shape index (κ3) is 14.4. The predicted molar refractivity (Wildman–Crippen MR) is 344 cm³/mol. The molecule has 1 fully saturated rings. The van der Waals surface area contributed by atoms with Crippen molar-refractivity contribution >= 4 is 115 Å². The largest absolute Gasteiger partial charge is 0.508 e. The van der Waals surface area contributed by atoms with Crippen LogP contribution in [0.3, 0.4) is 0 Å². The number of fused-ring (bicyclic) bond motifs is 16. The normalized spacial score (nSPS) is 19.3. The number of carboxylic acids is 1. The highest BCUT2D eigenvalue weighted by Gasteiger charge is 2.46. The number of nitrogens with one attached hydrogen (secondary N) is 5. The third-order valence-electron chi connectivity index (χ3n) is 15.1. The van der Waals surface area contributed by atoms with E-state index in [1.807, 2.05) is 0 Å². The van der Waals surface area contributed by atoms with Gasteiger partial charge in [0, 0.05) is 56.2 Å². The smallest absolute Gasteiger partial charge is 0.322 e. The molecule has 1 saturated heterocycles. The van der Waals surface area contributed by atoms with Crippen LogP contribution in [0.4, 0.5) is 0 Å². The Morgan fingerprint density at radius 2 is 1.34 bits per heavy atom. The Kier molecular flexibility index (Phi) is 19.1. The van der Waals surface area contributed by atoms with Gasteiger partial charge in [-0.3, -0.25) is 38.4 Å². The highest BCUT2D eigenvalue weighted by molar-refractivity contribution is 7.15. The van der Waals surface area contributed by atoms with Gasteiger partial charge in [-0.2, -0.15) is 0 Å². The molecule has 7 amide bonds. The molecule has 2 aliphatic heterocycles. The molecule has 0 aliphatic carbocycles. The number of hydrogen-bond donors (Lipinski definition) is 11. The number of aromatic nitrogens is 7. The second-order valence-corrected chi connectivity index (χ2v) is 27.8. The number of aryl methyl sites for hydroxylation is 1. The van der Waals surface area contributed by atoms with Crippen molar-refractivity contribution in [3.8, 4) is 49.1 Å². The van der Waals surface area contributed by atoms with Crippen LogP contribution in [0.1, 0.15) is 124 Å². The minimum atomic E-state index is -1.84. The fourth-order valence-electron chi connectivity index (χ4n) is 10.3. The van der Waals surface area contributed by atoms with Crippen LogP contribution in [0.2, 0.25) is 0 Å². The molecule has 1 unspecified atom stereocenters. The van der Waals surface area contributed by atoms with E-state index in [0.717, 1.165) is 45.3 Å². The lowest BCUT2D eigenvalue weighted by Gasteiger charge is -2.29. The number of carboxylic acid groups (broad SMARTS) is 1. The van der Waals surface area contributed by atoms with E-state index in [2.05, 4.69) is 41.5 Å². The number of nitrogens with two attached hydrogens (primary N) is 1. The minimum absolute atomic E-state index is 0.0252. The Hall–Kier alpha value is -9.19. The molecule has 0 radical (unpaired) electrons. The van der Waals surface area contributed by atoms with Gasteiger partial charge in [0.1, 0.15) is 106 Å². The van der Waals surface area contributed by atoms with Gasteiger partial charge in [-0.1, -0.05) is 49.4 Å². The van der Waals surface area contributed by atoms with Crippen LogP contribution in [-0.2, 0) is 25.6 Å². The van der Waals surface area contributed by atoms with Crippen molar-refractivity contribution in [2.24, 2.45) is 11.7 Å². The maximum atomic E-state index is 15.2. The molecule has 12 N–H and O–H groups in total. The summed E-state index contributed by atoms with van der Waals surface area (Å²) in [6, 6.07) is 11.7. The summed E-state index contributed by atoms with van der Waals surface area (Å²) in [5.74, 6) is -7.40. The first-order chi connectivity index (χ1) is 44.4. The van der Waals surface area contributed by atoms with Gasteiger partial charge in [-0.25, -0.2) is 34.9 Å². The number of pyridine rings is 1. The number of aliphatic hydroxyl groups is 3. The summed E-state index contributed by atoms with van der Waals surface area (Å²) in [6.07, 6.45) is -2.96. The van der Waals surface area contributed by atoms with Gasteiger partial charge in [0.25, 0.3) is 23.6 Å². The Balaban J connectivity index is 0.994. The van der Waals surface area contributed by atoms with Gasteiger partial charge in [-0.15, -0.1) is 68.0 Å². The van der Waals surface area contributed by atoms with E-state index in [1.54, 1.807) is 79.2 Å². The van der Waals surface area contributed by atoms with Crippen molar-refractivity contribution in [1.82, 2.24) is 66.4 Å². The first kappa shape index (κ1) is 65.3. The molecule has 9 heterocycles. The topological polar surface area (TPSA) is 417 Å². The number of nitrogens with zero attached hydrogens (tertiary/aromatic N) is 8. The molecule has 93 heavy (non-hydrogen) atoms. The average molecular weight is 1370 g/mol. The second kappa shape index (κ2) is 27.2. The van der Waals surface area contributed by atoms with E-state index in [-0.39, 0.29) is 72.9 Å². The lowest BCUT2D eigenvalue weighted by Crippen LogP contribution is -2.58. The van der Waals surface area contributed by atoms with Gasteiger partial charge in [0.15, 0.2) is 0 Å². The first-order valence-corrected chi connectivity index (χ1v) is 33.6. The average Bonchev–Trinajstić information content (AvgIpc) is 1.68. The Morgan fingerprint density at radius 3 is 2.06 bits per heavy atom. The quantitative estimate of drug-likeness (QED) is 0.0692. The van der Waals surface area contributed by atoms with Crippen LogP contribution in [-0.4, -0.2) is 150 Å². The summed E-state index contributed by atoms with van der Waals surface area (Å²) < 4.78 is 0. The van der Waals surface area contributed by atoms with E-state index < -0.39 is 114 Å². The molecule has 8 atom stereocenters. The molecular formula is C60H56N14O13S6. The molecular weight excluding hydrogens is 1320 g/mol. The van der Waals surface area contributed by atoms with Crippen LogP contribution in [0.25, 0.3) is 43.4 Å². The van der Waals surface area contributed by atoms with E-state index in [0.29, 0.717) is 43.0 Å². The number of aliphatic hydroxyl groups excluding tert-OH is 2. The highest BCUT2D eigenvalue weighted by Crippen LogP contribution is 2.43. The van der Waals surface area contributed by atoms with Gasteiger partial charge < -0.3 is 62.8 Å². The standard InChI is InChI=1S/C60H56N14O13S6/c1-25-39(76)19-74-45(25)58-70-38(24-92-58)55-66-34(20-89-55)43-30(14-15-31(63-43)54-68-37(22-90-54)50(83)73-47(60(3,4)87)52(85)62-18-41(78)79)53-67-35(21-88-53)48(81)64-32(17-40(61)77)56-72-42(26(2)93-56)51(84)71-44(46(80)28-8-6-5-7-9-28)57-69-36(23-91-57)49(82)65-33(59(74)86)16-27-10-12-29(75)13-11-27/h5-15,20-25,32-33,39,44-47,75-76,80,87H,16-19H2,1-4H3,(H2,61,77)(H,62,85)(H,64,81)(H,65,82)(H,71,84)(H,73,83)(H,78,79)/t25-,32-,33?,39-,44-,45-,46+,47-/m0/s1. The van der Waals surface area contributed by atoms with Crippen molar-refractivity contribution in [1.29, 1.82) is 0 Å². The number of phenols is 1. The lowest BCUT2D eigenvalue weighted by molar-refractivity contribution is -0.139. The Bertz CT molecular complexity index is 4350.